The number of hydrogen-bond acceptors (Lipinski definition) is 3. The Hall–Kier alpha value is -1.29. The number of nitrogens with zero attached hydrogens (tertiary/aromatic N) is 1. The number of carbonyl (C=O) groups is 1. The van der Waals surface area contributed by atoms with Crippen molar-refractivity contribution in [1.29, 1.82) is 0 Å². The number of ether oxygens (including phenoxy) is 1. The Bertz CT molecular complexity index is 352. The van der Waals surface area contributed by atoms with E-state index in [9.17, 15) is 4.79 Å². The Kier molecular flexibility index (Phi) is 2.72. The molecular formula is C8H9ClN2O2. The molecule has 70 valence electrons. The molecule has 0 spiro atoms. The summed E-state index contributed by atoms with van der Waals surface area (Å²) < 4.78 is 4.91. The van der Waals surface area contributed by atoms with Crippen LogP contribution in [-0.4, -0.2) is 18.0 Å². The van der Waals surface area contributed by atoms with Gasteiger partial charge in [0.15, 0.2) is 0 Å². The molecular weight excluding hydrogens is 192 g/mol. The average molecular weight is 201 g/mol. The third kappa shape index (κ3) is 1.89. The molecule has 0 atom stereocenters. The van der Waals surface area contributed by atoms with E-state index in [0.717, 1.165) is 0 Å². The summed E-state index contributed by atoms with van der Waals surface area (Å²) in [5, 5.41) is 0.191. The molecule has 13 heavy (non-hydrogen) atoms. The Morgan fingerprint density at radius 3 is 2.77 bits per heavy atom. The molecule has 1 amide bonds. The predicted molar refractivity (Wildman–Crippen MR) is 49.1 cm³/mol. The molecule has 0 fully saturated rings. The molecule has 0 saturated carbocycles. The van der Waals surface area contributed by atoms with E-state index in [1.165, 1.54) is 13.2 Å². The summed E-state index contributed by atoms with van der Waals surface area (Å²) in [4.78, 5) is 14.8. The third-order valence-electron chi connectivity index (χ3n) is 1.66. The molecule has 4 nitrogen and oxygen atoms in total. The normalized spacial score (nSPS) is 9.77. The fourth-order valence-corrected chi connectivity index (χ4v) is 1.20. The van der Waals surface area contributed by atoms with Gasteiger partial charge in [-0.3, -0.25) is 4.79 Å². The van der Waals surface area contributed by atoms with Gasteiger partial charge >= 0.3 is 0 Å². The van der Waals surface area contributed by atoms with Crippen LogP contribution in [0, 0.1) is 6.92 Å². The van der Waals surface area contributed by atoms with Gasteiger partial charge in [-0.15, -0.1) is 0 Å². The number of pyridine rings is 1. The van der Waals surface area contributed by atoms with E-state index in [4.69, 9.17) is 22.1 Å². The van der Waals surface area contributed by atoms with Crippen molar-refractivity contribution in [1.82, 2.24) is 4.98 Å². The third-order valence-corrected chi connectivity index (χ3v) is 1.85. The van der Waals surface area contributed by atoms with Gasteiger partial charge in [0.1, 0.15) is 5.15 Å². The molecule has 0 aromatic carbocycles. The van der Waals surface area contributed by atoms with Crippen LogP contribution >= 0.6 is 11.6 Å². The lowest BCUT2D eigenvalue weighted by Gasteiger charge is -2.06. The first-order valence-electron chi connectivity index (χ1n) is 3.57. The van der Waals surface area contributed by atoms with Crippen molar-refractivity contribution in [3.8, 4) is 5.88 Å². The second-order valence-electron chi connectivity index (χ2n) is 2.49. The quantitative estimate of drug-likeness (QED) is 0.729. The number of halogens is 1. The van der Waals surface area contributed by atoms with Crippen molar-refractivity contribution in [3.63, 3.8) is 0 Å². The first-order valence-corrected chi connectivity index (χ1v) is 3.95. The van der Waals surface area contributed by atoms with Gasteiger partial charge in [0.25, 0.3) is 0 Å². The topological polar surface area (TPSA) is 65.2 Å². The van der Waals surface area contributed by atoms with Crippen molar-refractivity contribution in [2.45, 2.75) is 6.92 Å². The van der Waals surface area contributed by atoms with Crippen molar-refractivity contribution >= 4 is 17.5 Å². The molecule has 1 aromatic rings. The maximum atomic E-state index is 10.9. The van der Waals surface area contributed by atoms with E-state index in [2.05, 4.69) is 4.98 Å². The standard InChI is InChI=1S/C8H9ClN2O2/c1-4-5(7(10)12)3-6(9)11-8(4)13-2/h3H,1-2H3,(H2,10,12). The molecule has 1 aromatic heterocycles. The van der Waals surface area contributed by atoms with Crippen LogP contribution in [0.15, 0.2) is 6.07 Å². The van der Waals surface area contributed by atoms with Crippen LogP contribution in [0.2, 0.25) is 5.15 Å². The zero-order valence-corrected chi connectivity index (χ0v) is 8.05. The highest BCUT2D eigenvalue weighted by atomic mass is 35.5. The molecule has 2 N–H and O–H groups in total. The predicted octanol–water partition coefficient (Wildman–Crippen LogP) is 1.15. The Balaban J connectivity index is 3.35. The van der Waals surface area contributed by atoms with Gasteiger partial charge in [-0.05, 0) is 13.0 Å². The molecule has 0 radical (unpaired) electrons. The minimum absolute atomic E-state index is 0.191. The summed E-state index contributed by atoms with van der Waals surface area (Å²) in [6, 6.07) is 1.42. The first-order chi connectivity index (χ1) is 6.06. The summed E-state index contributed by atoms with van der Waals surface area (Å²) in [6.07, 6.45) is 0. The Morgan fingerprint density at radius 1 is 1.69 bits per heavy atom. The second kappa shape index (κ2) is 3.62. The number of aromatic nitrogens is 1. The van der Waals surface area contributed by atoms with Crippen LogP contribution < -0.4 is 10.5 Å². The van der Waals surface area contributed by atoms with Gasteiger partial charge < -0.3 is 10.5 Å². The number of primary amides is 1. The molecule has 0 aliphatic carbocycles. The lowest BCUT2D eigenvalue weighted by Crippen LogP contribution is -2.13. The summed E-state index contributed by atoms with van der Waals surface area (Å²) >= 11 is 5.65. The van der Waals surface area contributed by atoms with Gasteiger partial charge in [0, 0.05) is 5.56 Å². The van der Waals surface area contributed by atoms with Crippen molar-refractivity contribution in [3.05, 3.63) is 22.3 Å². The van der Waals surface area contributed by atoms with Crippen LogP contribution in [-0.2, 0) is 0 Å². The second-order valence-corrected chi connectivity index (χ2v) is 2.88. The number of methoxy groups -OCH3 is 1. The fraction of sp³-hybridized carbons (Fsp3) is 0.250. The molecule has 0 bridgehead atoms. The zero-order valence-electron chi connectivity index (χ0n) is 7.30. The highest BCUT2D eigenvalue weighted by Crippen LogP contribution is 2.21. The minimum atomic E-state index is -0.542. The monoisotopic (exact) mass is 200 g/mol. The van der Waals surface area contributed by atoms with Crippen LogP contribution in [0.5, 0.6) is 5.88 Å². The highest BCUT2D eigenvalue weighted by molar-refractivity contribution is 6.29. The lowest BCUT2D eigenvalue weighted by atomic mass is 10.1. The van der Waals surface area contributed by atoms with Crippen molar-refractivity contribution in [2.75, 3.05) is 7.11 Å². The SMILES string of the molecule is COc1nc(Cl)cc(C(N)=O)c1C. The van der Waals surface area contributed by atoms with Crippen LogP contribution in [0.25, 0.3) is 0 Å². The van der Waals surface area contributed by atoms with Gasteiger partial charge in [0.05, 0.1) is 12.7 Å². The molecule has 0 aliphatic rings. The molecule has 0 saturated heterocycles. The summed E-state index contributed by atoms with van der Waals surface area (Å²) in [6.45, 7) is 1.70. The summed E-state index contributed by atoms with van der Waals surface area (Å²) in [7, 11) is 1.45. The maximum absolute atomic E-state index is 10.9. The number of carbonyl (C=O) groups excluding carboxylic acids is 1. The first kappa shape index (κ1) is 9.80. The zero-order chi connectivity index (χ0) is 10.0. The van der Waals surface area contributed by atoms with E-state index in [-0.39, 0.29) is 5.15 Å². The highest BCUT2D eigenvalue weighted by Gasteiger charge is 2.12. The number of hydrogen-bond donors (Lipinski definition) is 1. The Morgan fingerprint density at radius 2 is 2.31 bits per heavy atom. The minimum Gasteiger partial charge on any atom is -0.481 e. The van der Waals surface area contributed by atoms with Gasteiger partial charge in [-0.2, -0.15) is 0 Å². The van der Waals surface area contributed by atoms with Crippen LogP contribution in [0.1, 0.15) is 15.9 Å². The molecule has 0 unspecified atom stereocenters. The van der Waals surface area contributed by atoms with Gasteiger partial charge in [0.2, 0.25) is 11.8 Å². The largest absolute Gasteiger partial charge is 0.481 e. The van der Waals surface area contributed by atoms with Crippen LogP contribution in [0.4, 0.5) is 0 Å². The van der Waals surface area contributed by atoms with Gasteiger partial charge in [-0.25, -0.2) is 4.98 Å². The van der Waals surface area contributed by atoms with E-state index >= 15 is 0 Å². The molecule has 0 aliphatic heterocycles. The van der Waals surface area contributed by atoms with Crippen molar-refractivity contribution < 1.29 is 9.53 Å². The lowest BCUT2D eigenvalue weighted by molar-refractivity contribution is 0.0999. The maximum Gasteiger partial charge on any atom is 0.249 e. The number of rotatable bonds is 2. The Labute approximate surface area is 80.7 Å². The van der Waals surface area contributed by atoms with Crippen molar-refractivity contribution in [2.24, 2.45) is 5.73 Å². The summed E-state index contributed by atoms with van der Waals surface area (Å²) in [5.41, 5.74) is 6.05. The van der Waals surface area contributed by atoms with E-state index < -0.39 is 5.91 Å². The van der Waals surface area contributed by atoms with E-state index in [1.807, 2.05) is 0 Å². The van der Waals surface area contributed by atoms with Crippen LogP contribution in [0.3, 0.4) is 0 Å². The summed E-state index contributed by atoms with van der Waals surface area (Å²) in [5.74, 6) is -0.221. The van der Waals surface area contributed by atoms with Gasteiger partial charge in [-0.1, -0.05) is 11.6 Å². The average Bonchev–Trinajstić information content (AvgIpc) is 2.08. The molecule has 5 heteroatoms. The number of nitrogens with two attached hydrogens (primary N) is 1. The van der Waals surface area contributed by atoms with E-state index in [0.29, 0.717) is 17.0 Å². The van der Waals surface area contributed by atoms with E-state index in [1.54, 1.807) is 6.92 Å². The fourth-order valence-electron chi connectivity index (χ4n) is 1.01. The molecule has 1 rings (SSSR count). The smallest absolute Gasteiger partial charge is 0.249 e. The number of amides is 1. The molecule has 1 heterocycles.